The number of nitrogens with zero attached hydrogens (tertiary/aromatic N) is 3. The summed E-state index contributed by atoms with van der Waals surface area (Å²) in [6.45, 7) is 3.02. The van der Waals surface area contributed by atoms with E-state index in [-0.39, 0.29) is 5.69 Å². The minimum atomic E-state index is -1.10. The number of hydrogen-bond acceptors (Lipinski definition) is 7. The Bertz CT molecular complexity index is 1250. The minimum Gasteiger partial charge on any atom is -0.477 e. The molecule has 8 nitrogen and oxygen atoms in total. The number of oxazole rings is 1. The minimum absolute atomic E-state index is 0.0745. The smallest absolute Gasteiger partial charge is 0.354 e. The summed E-state index contributed by atoms with van der Waals surface area (Å²) in [6, 6.07) is 19.7. The Balaban J connectivity index is 1.20. The van der Waals surface area contributed by atoms with E-state index >= 15 is 0 Å². The van der Waals surface area contributed by atoms with Crippen molar-refractivity contribution in [1.82, 2.24) is 14.9 Å². The second-order valence-corrected chi connectivity index (χ2v) is 8.11. The van der Waals surface area contributed by atoms with Crippen LogP contribution in [0.1, 0.15) is 28.9 Å². The molecule has 0 radical (unpaired) electrons. The molecule has 2 N–H and O–H groups in total. The summed E-state index contributed by atoms with van der Waals surface area (Å²) in [7, 11) is 0. The molecule has 0 spiro atoms. The van der Waals surface area contributed by atoms with Crippen molar-refractivity contribution in [2.45, 2.75) is 25.4 Å². The third-order valence-electron chi connectivity index (χ3n) is 5.71. The van der Waals surface area contributed by atoms with Crippen LogP contribution < -0.4 is 10.1 Å². The van der Waals surface area contributed by atoms with Gasteiger partial charge in [0.05, 0.1) is 0 Å². The van der Waals surface area contributed by atoms with Gasteiger partial charge in [-0.25, -0.2) is 9.78 Å². The maximum absolute atomic E-state index is 11.1. The van der Waals surface area contributed by atoms with Crippen LogP contribution in [0.3, 0.4) is 0 Å². The number of hydrogen-bond donors (Lipinski definition) is 2. The average Bonchev–Trinajstić information content (AvgIpc) is 3.23. The Morgan fingerprint density at radius 1 is 1.09 bits per heavy atom. The summed E-state index contributed by atoms with van der Waals surface area (Å²) in [5.74, 6) is -0.184. The predicted molar refractivity (Wildman–Crippen MR) is 124 cm³/mol. The Kier molecular flexibility index (Phi) is 5.91. The summed E-state index contributed by atoms with van der Waals surface area (Å²) in [6.07, 6.45) is 3.45. The van der Waals surface area contributed by atoms with Crippen molar-refractivity contribution in [3.63, 3.8) is 0 Å². The molecule has 0 bridgehead atoms. The fourth-order valence-electron chi connectivity index (χ4n) is 4.01. The number of aromatic carboxylic acids is 1. The molecule has 1 fully saturated rings. The van der Waals surface area contributed by atoms with E-state index < -0.39 is 5.97 Å². The van der Waals surface area contributed by atoms with Crippen LogP contribution in [0.2, 0.25) is 0 Å². The van der Waals surface area contributed by atoms with Crippen LogP contribution in [0, 0.1) is 0 Å². The Morgan fingerprint density at radius 3 is 2.67 bits per heavy atom. The van der Waals surface area contributed by atoms with Gasteiger partial charge in [-0.15, -0.1) is 0 Å². The van der Waals surface area contributed by atoms with E-state index in [4.69, 9.17) is 14.3 Å². The van der Waals surface area contributed by atoms with Crippen molar-refractivity contribution >= 4 is 23.1 Å². The number of carbonyl (C=O) groups is 1. The first kappa shape index (κ1) is 21.0. The number of aromatic nitrogens is 2. The summed E-state index contributed by atoms with van der Waals surface area (Å²) in [5.41, 5.74) is 2.60. The number of nitrogens with one attached hydrogen (secondary N) is 1. The van der Waals surface area contributed by atoms with Gasteiger partial charge in [0.2, 0.25) is 0 Å². The molecule has 0 aliphatic carbocycles. The number of pyridine rings is 1. The van der Waals surface area contributed by atoms with Gasteiger partial charge in [0.1, 0.15) is 17.0 Å². The normalized spacial score (nSPS) is 14.9. The van der Waals surface area contributed by atoms with E-state index in [9.17, 15) is 4.79 Å². The topological polar surface area (TPSA) is 101 Å². The zero-order valence-corrected chi connectivity index (χ0v) is 18.0. The van der Waals surface area contributed by atoms with Crippen LogP contribution in [0.4, 0.5) is 6.01 Å². The van der Waals surface area contributed by atoms with Crippen LogP contribution in [0.15, 0.2) is 71.3 Å². The van der Waals surface area contributed by atoms with E-state index in [2.05, 4.69) is 44.5 Å². The molecule has 8 heteroatoms. The Hall–Kier alpha value is -3.91. The molecule has 0 unspecified atom stereocenters. The number of anilines is 1. The van der Waals surface area contributed by atoms with Crippen LogP contribution in [0.5, 0.6) is 11.5 Å². The highest BCUT2D eigenvalue weighted by Gasteiger charge is 2.21. The van der Waals surface area contributed by atoms with Crippen molar-refractivity contribution in [2.75, 3.05) is 18.4 Å². The summed E-state index contributed by atoms with van der Waals surface area (Å²) in [4.78, 5) is 21.9. The lowest BCUT2D eigenvalue weighted by Gasteiger charge is -2.32. The highest BCUT2D eigenvalue weighted by molar-refractivity contribution is 5.85. The number of likely N-dealkylation sites (tertiary alicyclic amines) is 1. The standard InChI is InChI=1S/C25H24N4O4/c30-24(31)22-14-20(8-11-26-22)32-19-6-7-21-23(15-19)33-25(28-21)27-18-9-12-29(13-10-18)16-17-4-2-1-3-5-17/h1-8,11,14-15,18H,9-10,12-13,16H2,(H,27,28)(H,30,31). The van der Waals surface area contributed by atoms with Crippen molar-refractivity contribution in [2.24, 2.45) is 0 Å². The number of piperidine rings is 1. The fraction of sp³-hybridized carbons (Fsp3) is 0.240. The number of benzene rings is 2. The van der Waals surface area contributed by atoms with Gasteiger partial charge < -0.3 is 19.6 Å². The molecular formula is C25H24N4O4. The third-order valence-corrected chi connectivity index (χ3v) is 5.71. The molecule has 2 aromatic heterocycles. The van der Waals surface area contributed by atoms with Crippen LogP contribution in [-0.4, -0.2) is 45.1 Å². The lowest BCUT2D eigenvalue weighted by molar-refractivity contribution is 0.0690. The molecule has 2 aromatic carbocycles. The molecule has 0 saturated carbocycles. The SMILES string of the molecule is O=C(O)c1cc(Oc2ccc3nc(NC4CCN(Cc5ccccc5)CC4)oc3c2)ccn1. The van der Waals surface area contributed by atoms with Crippen LogP contribution in [0.25, 0.3) is 11.1 Å². The largest absolute Gasteiger partial charge is 0.477 e. The van der Waals surface area contributed by atoms with Crippen molar-refractivity contribution in [3.05, 3.63) is 78.1 Å². The number of rotatable bonds is 7. The lowest BCUT2D eigenvalue weighted by Crippen LogP contribution is -2.38. The Labute approximate surface area is 190 Å². The highest BCUT2D eigenvalue weighted by Crippen LogP contribution is 2.28. The van der Waals surface area contributed by atoms with Crippen LogP contribution in [-0.2, 0) is 6.54 Å². The molecule has 1 aliphatic rings. The maximum Gasteiger partial charge on any atom is 0.354 e. The molecule has 4 aromatic rings. The molecule has 0 amide bonds. The van der Waals surface area contributed by atoms with Gasteiger partial charge in [0.25, 0.3) is 6.01 Å². The van der Waals surface area contributed by atoms with Gasteiger partial charge in [-0.05, 0) is 36.6 Å². The second-order valence-electron chi connectivity index (χ2n) is 8.11. The zero-order valence-electron chi connectivity index (χ0n) is 18.0. The van der Waals surface area contributed by atoms with E-state index in [0.717, 1.165) is 38.0 Å². The van der Waals surface area contributed by atoms with Crippen molar-refractivity contribution < 1.29 is 19.1 Å². The number of fused-ring (bicyclic) bond motifs is 1. The van der Waals surface area contributed by atoms with Gasteiger partial charge in [0.15, 0.2) is 11.3 Å². The molecule has 5 rings (SSSR count). The Morgan fingerprint density at radius 2 is 1.88 bits per heavy atom. The molecule has 1 saturated heterocycles. The number of carboxylic acid groups (broad SMARTS) is 1. The molecule has 0 atom stereocenters. The average molecular weight is 444 g/mol. The van der Waals surface area contributed by atoms with Gasteiger partial charge in [-0.2, -0.15) is 4.98 Å². The van der Waals surface area contributed by atoms with E-state index in [1.54, 1.807) is 18.2 Å². The van der Waals surface area contributed by atoms with E-state index in [1.807, 2.05) is 12.1 Å². The second kappa shape index (κ2) is 9.30. The van der Waals surface area contributed by atoms with Crippen LogP contribution >= 0.6 is 0 Å². The number of carboxylic acids is 1. The maximum atomic E-state index is 11.1. The van der Waals surface area contributed by atoms with Gasteiger partial charge in [-0.3, -0.25) is 4.90 Å². The van der Waals surface area contributed by atoms with Gasteiger partial charge >= 0.3 is 5.97 Å². The molecule has 33 heavy (non-hydrogen) atoms. The quantitative estimate of drug-likeness (QED) is 0.420. The summed E-state index contributed by atoms with van der Waals surface area (Å²) >= 11 is 0. The third kappa shape index (κ3) is 5.12. The number of ether oxygens (including phenoxy) is 1. The fourth-order valence-corrected chi connectivity index (χ4v) is 4.01. The molecule has 168 valence electrons. The van der Waals surface area contributed by atoms with E-state index in [1.165, 1.54) is 17.8 Å². The zero-order chi connectivity index (χ0) is 22.6. The monoisotopic (exact) mass is 444 g/mol. The molecule has 3 heterocycles. The first-order valence-corrected chi connectivity index (χ1v) is 10.9. The highest BCUT2D eigenvalue weighted by atomic mass is 16.5. The van der Waals surface area contributed by atoms with Gasteiger partial charge in [0, 0.05) is 44.0 Å². The van der Waals surface area contributed by atoms with Gasteiger partial charge in [-0.1, -0.05) is 30.3 Å². The first-order chi connectivity index (χ1) is 16.1. The summed E-state index contributed by atoms with van der Waals surface area (Å²) < 4.78 is 11.7. The summed E-state index contributed by atoms with van der Waals surface area (Å²) in [5, 5.41) is 12.5. The van der Waals surface area contributed by atoms with Crippen molar-refractivity contribution in [1.29, 1.82) is 0 Å². The van der Waals surface area contributed by atoms with Crippen molar-refractivity contribution in [3.8, 4) is 11.5 Å². The molecular weight excluding hydrogens is 420 g/mol. The first-order valence-electron chi connectivity index (χ1n) is 10.9. The predicted octanol–water partition coefficient (Wildman–Crippen LogP) is 4.79. The van der Waals surface area contributed by atoms with E-state index in [0.29, 0.717) is 29.1 Å². The lowest BCUT2D eigenvalue weighted by atomic mass is 10.0. The molecule has 1 aliphatic heterocycles.